The highest BCUT2D eigenvalue weighted by molar-refractivity contribution is 6.51. The Balaban J connectivity index is 1.55. The fraction of sp³-hybridized carbons (Fsp3) is 0.312. The number of hydrogen-bond acceptors (Lipinski definition) is 6. The van der Waals surface area contributed by atoms with Crippen molar-refractivity contribution in [3.8, 4) is 5.75 Å². The number of aliphatic hydroxyl groups is 1. The van der Waals surface area contributed by atoms with Crippen LogP contribution in [0.2, 0.25) is 0 Å². The maximum Gasteiger partial charge on any atom is 0.300 e. The number of ketones is 1. The Morgan fingerprint density at radius 2 is 1.54 bits per heavy atom. The first-order valence-corrected chi connectivity index (χ1v) is 13.4. The lowest BCUT2D eigenvalue weighted by Crippen LogP contribution is -2.44. The minimum atomic E-state index is -0.758. The summed E-state index contributed by atoms with van der Waals surface area (Å²) in [5.41, 5.74) is 3.98. The zero-order chi connectivity index (χ0) is 27.7. The molecule has 1 amide bonds. The molecule has 3 aromatic carbocycles. The molecule has 2 aliphatic heterocycles. The van der Waals surface area contributed by atoms with Gasteiger partial charge in [0, 0.05) is 43.1 Å². The number of amides is 1. The van der Waals surface area contributed by atoms with Gasteiger partial charge in [0.05, 0.1) is 17.7 Å². The van der Waals surface area contributed by atoms with Crippen LogP contribution >= 0.6 is 0 Å². The molecule has 7 heteroatoms. The van der Waals surface area contributed by atoms with Crippen LogP contribution in [0.3, 0.4) is 0 Å². The van der Waals surface area contributed by atoms with Gasteiger partial charge in [0.2, 0.25) is 0 Å². The summed E-state index contributed by atoms with van der Waals surface area (Å²) in [6, 6.07) is 21.7. The number of piperazine rings is 1. The van der Waals surface area contributed by atoms with E-state index in [2.05, 4.69) is 16.8 Å². The molecule has 5 rings (SSSR count). The molecule has 3 aromatic rings. The van der Waals surface area contributed by atoms with Crippen LogP contribution in [0.25, 0.3) is 5.76 Å². The smallest absolute Gasteiger partial charge is 0.300 e. The number of nitrogens with zero attached hydrogens (tertiary/aromatic N) is 3. The Hall–Kier alpha value is -4.10. The average molecular weight is 526 g/mol. The molecule has 202 valence electrons. The molecule has 0 aliphatic carbocycles. The Bertz CT molecular complexity index is 1390. The molecule has 0 saturated carbocycles. The van der Waals surface area contributed by atoms with E-state index in [4.69, 9.17) is 4.74 Å². The van der Waals surface area contributed by atoms with Crippen molar-refractivity contribution >= 4 is 28.8 Å². The summed E-state index contributed by atoms with van der Waals surface area (Å²) in [6.07, 6.45) is 0.0127. The number of carbonyl (C=O) groups is 2. The van der Waals surface area contributed by atoms with Gasteiger partial charge in [0.25, 0.3) is 11.7 Å². The highest BCUT2D eigenvalue weighted by Gasteiger charge is 2.47. The Morgan fingerprint density at radius 1 is 0.897 bits per heavy atom. The normalized spacial score (nSPS) is 19.7. The number of ether oxygens (including phenoxy) is 1. The summed E-state index contributed by atoms with van der Waals surface area (Å²) >= 11 is 0. The van der Waals surface area contributed by atoms with E-state index in [1.165, 1.54) is 4.90 Å². The van der Waals surface area contributed by atoms with E-state index in [0.29, 0.717) is 17.0 Å². The van der Waals surface area contributed by atoms with Gasteiger partial charge >= 0.3 is 0 Å². The molecule has 0 aromatic heterocycles. The molecule has 2 fully saturated rings. The topological polar surface area (TPSA) is 73.3 Å². The molecule has 0 spiro atoms. The first-order valence-electron chi connectivity index (χ1n) is 13.4. The second-order valence-electron chi connectivity index (χ2n) is 10.6. The van der Waals surface area contributed by atoms with Crippen molar-refractivity contribution < 1.29 is 19.4 Å². The molecule has 1 N–H and O–H groups in total. The van der Waals surface area contributed by atoms with Crippen LogP contribution < -0.4 is 14.5 Å². The van der Waals surface area contributed by atoms with Gasteiger partial charge in [-0.15, -0.1) is 0 Å². The van der Waals surface area contributed by atoms with Crippen LogP contribution in [-0.2, 0) is 9.59 Å². The SMILES string of the molecule is Cc1cccc(C2/C(=C(\O)c3ccc(OC(C)C)cc3)C(=O)C(=O)N2c2ccc(N3CCN(C)CC3)cc2)c1. The Kier molecular flexibility index (Phi) is 7.44. The largest absolute Gasteiger partial charge is 0.507 e. The standard InChI is InChI=1S/C32H35N3O4/c1-21(2)39-27-14-8-23(9-15-27)30(36)28-29(24-7-5-6-22(3)20-24)35(32(38)31(28)37)26-12-10-25(11-13-26)34-18-16-33(4)17-19-34/h5-15,20-21,29,36H,16-19H2,1-4H3/b30-28+. The first-order chi connectivity index (χ1) is 18.7. The van der Waals surface area contributed by atoms with Gasteiger partial charge in [-0.25, -0.2) is 0 Å². The number of Topliss-reactive ketones (excluding diaryl/α,β-unsaturated/α-hetero) is 1. The predicted molar refractivity (Wildman–Crippen MR) is 154 cm³/mol. The van der Waals surface area contributed by atoms with Gasteiger partial charge in [-0.05, 0) is 81.9 Å². The molecule has 39 heavy (non-hydrogen) atoms. The van der Waals surface area contributed by atoms with Crippen molar-refractivity contribution in [1.29, 1.82) is 0 Å². The van der Waals surface area contributed by atoms with Crippen molar-refractivity contribution in [3.63, 3.8) is 0 Å². The quantitative estimate of drug-likeness (QED) is 0.272. The summed E-state index contributed by atoms with van der Waals surface area (Å²) in [7, 11) is 2.12. The first kappa shape index (κ1) is 26.5. The maximum absolute atomic E-state index is 13.5. The summed E-state index contributed by atoms with van der Waals surface area (Å²) in [4.78, 5) is 33.1. The van der Waals surface area contributed by atoms with E-state index >= 15 is 0 Å². The Morgan fingerprint density at radius 3 is 2.15 bits per heavy atom. The lowest BCUT2D eigenvalue weighted by atomic mass is 9.94. The van der Waals surface area contributed by atoms with Crippen LogP contribution in [0.4, 0.5) is 11.4 Å². The minimum Gasteiger partial charge on any atom is -0.507 e. The lowest BCUT2D eigenvalue weighted by molar-refractivity contribution is -0.132. The number of hydrogen-bond donors (Lipinski definition) is 1. The number of likely N-dealkylation sites (N-methyl/N-ethyl adjacent to an activating group) is 1. The highest BCUT2D eigenvalue weighted by atomic mass is 16.5. The zero-order valence-electron chi connectivity index (χ0n) is 22.9. The fourth-order valence-electron chi connectivity index (χ4n) is 5.26. The van der Waals surface area contributed by atoms with Crippen LogP contribution in [0.1, 0.15) is 36.6 Å². The fourth-order valence-corrected chi connectivity index (χ4v) is 5.26. The van der Waals surface area contributed by atoms with E-state index < -0.39 is 17.7 Å². The second-order valence-corrected chi connectivity index (χ2v) is 10.6. The number of benzene rings is 3. The minimum absolute atomic E-state index is 0.0127. The number of aryl methyl sites for hydroxylation is 1. The summed E-state index contributed by atoms with van der Waals surface area (Å²) in [6.45, 7) is 9.70. The van der Waals surface area contributed by atoms with Crippen molar-refractivity contribution in [2.24, 2.45) is 0 Å². The van der Waals surface area contributed by atoms with Gasteiger partial charge in [-0.3, -0.25) is 14.5 Å². The van der Waals surface area contributed by atoms with Gasteiger partial charge < -0.3 is 19.6 Å². The van der Waals surface area contributed by atoms with Crippen molar-refractivity contribution in [2.75, 3.05) is 43.0 Å². The Labute approximate surface area is 229 Å². The van der Waals surface area contributed by atoms with E-state index in [0.717, 1.165) is 43.0 Å². The van der Waals surface area contributed by atoms with Crippen LogP contribution in [-0.4, -0.2) is 61.0 Å². The van der Waals surface area contributed by atoms with Crippen LogP contribution in [0.5, 0.6) is 5.75 Å². The molecule has 7 nitrogen and oxygen atoms in total. The lowest BCUT2D eigenvalue weighted by Gasteiger charge is -2.34. The van der Waals surface area contributed by atoms with E-state index in [1.54, 1.807) is 24.3 Å². The van der Waals surface area contributed by atoms with Gasteiger partial charge in [0.1, 0.15) is 11.5 Å². The van der Waals surface area contributed by atoms with Crippen molar-refractivity contribution in [3.05, 3.63) is 95.1 Å². The third kappa shape index (κ3) is 5.40. The number of anilines is 2. The zero-order valence-corrected chi connectivity index (χ0v) is 22.9. The molecule has 1 atom stereocenters. The average Bonchev–Trinajstić information content (AvgIpc) is 3.19. The molecule has 0 bridgehead atoms. The monoisotopic (exact) mass is 525 g/mol. The molecule has 0 radical (unpaired) electrons. The molecular weight excluding hydrogens is 490 g/mol. The third-order valence-electron chi connectivity index (χ3n) is 7.30. The second kappa shape index (κ2) is 10.9. The third-order valence-corrected chi connectivity index (χ3v) is 7.30. The molecule has 2 aliphatic rings. The summed E-state index contributed by atoms with van der Waals surface area (Å²) < 4.78 is 5.72. The number of carbonyl (C=O) groups excluding carboxylic acids is 2. The van der Waals surface area contributed by atoms with Crippen molar-refractivity contribution in [2.45, 2.75) is 32.9 Å². The van der Waals surface area contributed by atoms with Crippen LogP contribution in [0, 0.1) is 6.92 Å². The van der Waals surface area contributed by atoms with Gasteiger partial charge in [-0.2, -0.15) is 0 Å². The molecular formula is C32H35N3O4. The predicted octanol–water partition coefficient (Wildman–Crippen LogP) is 5.16. The van der Waals surface area contributed by atoms with Gasteiger partial charge in [0.15, 0.2) is 0 Å². The summed E-state index contributed by atoms with van der Waals surface area (Å²) in [5, 5.41) is 11.4. The molecule has 2 heterocycles. The highest BCUT2D eigenvalue weighted by Crippen LogP contribution is 2.42. The van der Waals surface area contributed by atoms with E-state index in [1.807, 2.05) is 69.3 Å². The van der Waals surface area contributed by atoms with E-state index in [-0.39, 0.29) is 17.4 Å². The van der Waals surface area contributed by atoms with Gasteiger partial charge in [-0.1, -0.05) is 29.8 Å². The summed E-state index contributed by atoms with van der Waals surface area (Å²) in [5.74, 6) is -0.898. The molecule has 2 saturated heterocycles. The van der Waals surface area contributed by atoms with Crippen molar-refractivity contribution in [1.82, 2.24) is 4.90 Å². The van der Waals surface area contributed by atoms with Crippen LogP contribution in [0.15, 0.2) is 78.4 Å². The molecule has 1 unspecified atom stereocenters. The maximum atomic E-state index is 13.5. The van der Waals surface area contributed by atoms with E-state index in [9.17, 15) is 14.7 Å². The number of rotatable bonds is 6. The number of aliphatic hydroxyl groups excluding tert-OH is 1.